The van der Waals surface area contributed by atoms with E-state index in [0.717, 1.165) is 15.9 Å². The monoisotopic (exact) mass is 640 g/mol. The van der Waals surface area contributed by atoms with Crippen molar-refractivity contribution in [2.75, 3.05) is 13.7 Å². The Balaban J connectivity index is 1.61. The highest BCUT2D eigenvalue weighted by Gasteiger charge is 2.35. The summed E-state index contributed by atoms with van der Waals surface area (Å²) >= 11 is 6.04. The first-order valence-corrected chi connectivity index (χ1v) is 14.7. The molecular weight excluding hydrogens is 616 g/mol. The number of thiazole rings is 1. The van der Waals surface area contributed by atoms with Gasteiger partial charge in [-0.05, 0) is 75.9 Å². The number of nitrogens with zero attached hydrogens (tertiary/aromatic N) is 4. The number of allylic oxidation sites excluding steroid dienone is 1. The fourth-order valence-electron chi connectivity index (χ4n) is 4.43. The summed E-state index contributed by atoms with van der Waals surface area (Å²) in [5.41, 5.74) is 2.82. The average molecular weight is 642 g/mol. The molecule has 206 valence electrons. The molecule has 3 aromatic heterocycles. The van der Waals surface area contributed by atoms with Gasteiger partial charge in [0.1, 0.15) is 17.6 Å². The third kappa shape index (κ3) is 5.56. The van der Waals surface area contributed by atoms with Crippen LogP contribution in [-0.4, -0.2) is 34.2 Å². The number of aromatic nitrogens is 3. The van der Waals surface area contributed by atoms with Gasteiger partial charge >= 0.3 is 5.97 Å². The zero-order valence-electron chi connectivity index (χ0n) is 22.4. The molecule has 4 aromatic rings. The highest BCUT2D eigenvalue weighted by Crippen LogP contribution is 2.37. The fourth-order valence-corrected chi connectivity index (χ4v) is 6.67. The maximum atomic E-state index is 13.9. The summed E-state index contributed by atoms with van der Waals surface area (Å²) in [5, 5.41) is 1.18. The van der Waals surface area contributed by atoms with Crippen molar-refractivity contribution in [2.24, 2.45) is 4.99 Å². The van der Waals surface area contributed by atoms with Crippen LogP contribution in [0.25, 0.3) is 6.08 Å². The number of hydrogen-bond donors (Lipinski definition) is 0. The molecule has 0 radical (unpaired) electrons. The highest BCUT2D eigenvalue weighted by molar-refractivity contribution is 9.10. The standard InChI is InChI=1S/C28H25BrN4O5S2/c1-6-37-26(35)23-16(4)32-28-33(24(23)19-12-17(29)7-9-20(19)36-5)25(34)21(39-28)13-18-8-10-22(38-18)40-27-30-14(2)11-15(3)31-27/h7-13,24H,6H2,1-5H3/b21-13-/t24-/m0/s1. The summed E-state index contributed by atoms with van der Waals surface area (Å²) in [6.45, 7) is 7.50. The van der Waals surface area contributed by atoms with Crippen LogP contribution in [-0.2, 0) is 9.53 Å². The van der Waals surface area contributed by atoms with E-state index in [1.54, 1.807) is 39.2 Å². The number of hydrogen-bond acceptors (Lipinski definition) is 10. The van der Waals surface area contributed by atoms with Gasteiger partial charge < -0.3 is 13.9 Å². The van der Waals surface area contributed by atoms with Crippen molar-refractivity contribution in [3.8, 4) is 5.75 Å². The molecule has 0 aliphatic carbocycles. The van der Waals surface area contributed by atoms with Gasteiger partial charge in [0, 0.05) is 27.5 Å². The van der Waals surface area contributed by atoms with Gasteiger partial charge in [0.2, 0.25) is 0 Å². The molecule has 0 spiro atoms. The number of rotatable bonds is 7. The number of aryl methyl sites for hydroxylation is 2. The number of ether oxygens (including phenoxy) is 2. The zero-order valence-corrected chi connectivity index (χ0v) is 25.6. The molecular formula is C28H25BrN4O5S2. The highest BCUT2D eigenvalue weighted by atomic mass is 79.9. The Morgan fingerprint density at radius 3 is 2.62 bits per heavy atom. The quantitative estimate of drug-likeness (QED) is 0.211. The minimum Gasteiger partial charge on any atom is -0.496 e. The van der Waals surface area contributed by atoms with Crippen LogP contribution in [0.2, 0.25) is 0 Å². The van der Waals surface area contributed by atoms with Crippen LogP contribution < -0.4 is 19.6 Å². The Bertz CT molecular complexity index is 1820. The molecule has 1 aliphatic rings. The Morgan fingerprint density at radius 1 is 1.18 bits per heavy atom. The Morgan fingerprint density at radius 2 is 1.93 bits per heavy atom. The molecule has 0 amide bonds. The summed E-state index contributed by atoms with van der Waals surface area (Å²) in [4.78, 5) is 41.0. The maximum Gasteiger partial charge on any atom is 0.338 e. The molecule has 0 unspecified atom stereocenters. The third-order valence-corrected chi connectivity index (χ3v) is 8.29. The number of carbonyl (C=O) groups excluding carboxylic acids is 1. The maximum absolute atomic E-state index is 13.9. The van der Waals surface area contributed by atoms with Crippen LogP contribution in [0.3, 0.4) is 0 Å². The normalized spacial score (nSPS) is 15.2. The van der Waals surface area contributed by atoms with Crippen LogP contribution in [0.5, 0.6) is 5.75 Å². The van der Waals surface area contributed by atoms with Crippen molar-refractivity contribution in [3.05, 3.63) is 94.5 Å². The van der Waals surface area contributed by atoms with E-state index in [1.165, 1.54) is 27.7 Å². The smallest absolute Gasteiger partial charge is 0.338 e. The molecule has 0 bridgehead atoms. The van der Waals surface area contributed by atoms with Crippen LogP contribution in [0.1, 0.15) is 42.6 Å². The Kier molecular flexibility index (Phi) is 8.11. The second-order valence-electron chi connectivity index (χ2n) is 8.88. The number of methoxy groups -OCH3 is 1. The number of esters is 1. The number of carbonyl (C=O) groups is 1. The van der Waals surface area contributed by atoms with E-state index in [4.69, 9.17) is 13.9 Å². The third-order valence-electron chi connectivity index (χ3n) is 6.03. The van der Waals surface area contributed by atoms with Crippen molar-refractivity contribution in [1.82, 2.24) is 14.5 Å². The van der Waals surface area contributed by atoms with E-state index >= 15 is 0 Å². The van der Waals surface area contributed by atoms with E-state index in [2.05, 4.69) is 30.9 Å². The van der Waals surface area contributed by atoms with Gasteiger partial charge in [0.15, 0.2) is 15.1 Å². The van der Waals surface area contributed by atoms with Gasteiger partial charge in [-0.25, -0.2) is 19.8 Å². The molecule has 1 aliphatic heterocycles. The molecule has 12 heteroatoms. The van der Waals surface area contributed by atoms with Crippen molar-refractivity contribution in [2.45, 2.75) is 44.0 Å². The van der Waals surface area contributed by atoms with E-state index in [1.807, 2.05) is 38.1 Å². The van der Waals surface area contributed by atoms with E-state index in [9.17, 15) is 9.59 Å². The van der Waals surface area contributed by atoms with Gasteiger partial charge in [-0.2, -0.15) is 0 Å². The second kappa shape index (κ2) is 11.6. The summed E-state index contributed by atoms with van der Waals surface area (Å²) < 4.78 is 19.7. The molecule has 1 atom stereocenters. The van der Waals surface area contributed by atoms with Crippen LogP contribution in [0.4, 0.5) is 0 Å². The van der Waals surface area contributed by atoms with Crippen molar-refractivity contribution in [3.63, 3.8) is 0 Å². The van der Waals surface area contributed by atoms with E-state index in [-0.39, 0.29) is 17.7 Å². The molecule has 9 nitrogen and oxygen atoms in total. The fraction of sp³-hybridized carbons (Fsp3) is 0.250. The average Bonchev–Trinajstić information content (AvgIpc) is 3.46. The zero-order chi connectivity index (χ0) is 28.6. The lowest BCUT2D eigenvalue weighted by atomic mass is 9.95. The van der Waals surface area contributed by atoms with Crippen LogP contribution in [0.15, 0.2) is 76.6 Å². The lowest BCUT2D eigenvalue weighted by Gasteiger charge is -2.26. The summed E-state index contributed by atoms with van der Waals surface area (Å²) in [6.07, 6.45) is 1.68. The number of halogens is 1. The minimum atomic E-state index is -0.797. The molecule has 0 saturated carbocycles. The molecule has 0 N–H and O–H groups in total. The number of furan rings is 1. The van der Waals surface area contributed by atoms with E-state index < -0.39 is 12.0 Å². The topological polar surface area (TPSA) is 109 Å². The SMILES string of the molecule is CCOC(=O)C1=C(C)N=c2s/c(=C\c3ccc(Sc4nc(C)cc(C)n4)o3)c(=O)n2[C@H]1c1cc(Br)ccc1OC. The molecule has 1 aromatic carbocycles. The van der Waals surface area contributed by atoms with Gasteiger partial charge in [-0.1, -0.05) is 27.3 Å². The molecule has 0 saturated heterocycles. The predicted octanol–water partition coefficient (Wildman–Crippen LogP) is 4.72. The molecule has 0 fully saturated rings. The van der Waals surface area contributed by atoms with Gasteiger partial charge in [0.25, 0.3) is 5.56 Å². The summed E-state index contributed by atoms with van der Waals surface area (Å²) in [6, 6.07) is 10.2. The number of benzene rings is 1. The predicted molar refractivity (Wildman–Crippen MR) is 155 cm³/mol. The van der Waals surface area contributed by atoms with Crippen LogP contribution in [0, 0.1) is 13.8 Å². The lowest BCUT2D eigenvalue weighted by Crippen LogP contribution is -2.40. The van der Waals surface area contributed by atoms with Crippen molar-refractivity contribution < 1.29 is 18.7 Å². The first kappa shape index (κ1) is 28.1. The van der Waals surface area contributed by atoms with Crippen LogP contribution >= 0.6 is 39.0 Å². The first-order valence-electron chi connectivity index (χ1n) is 12.3. The summed E-state index contributed by atoms with van der Waals surface area (Å²) in [5.74, 6) is 0.488. The van der Waals surface area contributed by atoms with Crippen molar-refractivity contribution >= 4 is 51.1 Å². The van der Waals surface area contributed by atoms with Gasteiger partial charge in [0.05, 0.1) is 29.5 Å². The summed E-state index contributed by atoms with van der Waals surface area (Å²) in [7, 11) is 1.55. The van der Waals surface area contributed by atoms with E-state index in [0.29, 0.717) is 42.4 Å². The molecule has 4 heterocycles. The largest absolute Gasteiger partial charge is 0.496 e. The van der Waals surface area contributed by atoms with Gasteiger partial charge in [-0.3, -0.25) is 9.36 Å². The van der Waals surface area contributed by atoms with Crippen molar-refractivity contribution in [1.29, 1.82) is 0 Å². The minimum absolute atomic E-state index is 0.189. The number of fused-ring (bicyclic) bond motifs is 1. The second-order valence-corrected chi connectivity index (χ2v) is 11.8. The van der Waals surface area contributed by atoms with Gasteiger partial charge in [-0.15, -0.1) is 0 Å². The Hall–Kier alpha value is -3.48. The molecule has 40 heavy (non-hydrogen) atoms. The Labute approximate surface area is 246 Å². The first-order chi connectivity index (χ1) is 19.2. The molecule has 5 rings (SSSR count). The lowest BCUT2D eigenvalue weighted by molar-refractivity contribution is -0.139.